The predicted molar refractivity (Wildman–Crippen MR) is 94.6 cm³/mol. The second-order valence-electron chi connectivity index (χ2n) is 5.52. The van der Waals surface area contributed by atoms with Gasteiger partial charge in [-0.15, -0.1) is 0 Å². The summed E-state index contributed by atoms with van der Waals surface area (Å²) in [6.45, 7) is 1.84. The minimum Gasteiger partial charge on any atom is -0.358 e. The number of likely N-dealkylation sites (N-methyl/N-ethyl adjacent to an activating group) is 1. The molecule has 0 saturated carbocycles. The van der Waals surface area contributed by atoms with Gasteiger partial charge in [-0.05, 0) is 30.5 Å². The molecule has 0 saturated heterocycles. The minimum atomic E-state index is -0.362. The smallest absolute Gasteiger partial charge is 0.244 e. The van der Waals surface area contributed by atoms with Crippen molar-refractivity contribution in [2.45, 2.75) is 13.0 Å². The first-order chi connectivity index (χ1) is 11.1. The molecule has 2 heterocycles. The Hall–Kier alpha value is -2.47. The lowest BCUT2D eigenvalue weighted by Gasteiger charge is -2.19. The number of rotatable bonds is 4. The van der Waals surface area contributed by atoms with Crippen LogP contribution in [0.5, 0.6) is 0 Å². The molecule has 3 rings (SSSR count). The molecule has 5 nitrogen and oxygen atoms in total. The Morgan fingerprint density at radius 3 is 2.70 bits per heavy atom. The van der Waals surface area contributed by atoms with Crippen molar-refractivity contribution in [3.8, 4) is 11.4 Å². The van der Waals surface area contributed by atoms with Gasteiger partial charge in [-0.1, -0.05) is 12.1 Å². The van der Waals surface area contributed by atoms with E-state index in [1.54, 1.807) is 30.3 Å². The molecule has 118 valence electrons. The summed E-state index contributed by atoms with van der Waals surface area (Å²) >= 11 is 1.61. The Morgan fingerprint density at radius 2 is 2.00 bits per heavy atom. The van der Waals surface area contributed by atoms with E-state index in [4.69, 9.17) is 0 Å². The number of thiophene rings is 1. The fourth-order valence-electron chi connectivity index (χ4n) is 2.36. The van der Waals surface area contributed by atoms with Gasteiger partial charge >= 0.3 is 0 Å². The highest BCUT2D eigenvalue weighted by atomic mass is 32.1. The van der Waals surface area contributed by atoms with Crippen LogP contribution in [0.1, 0.15) is 6.92 Å². The third kappa shape index (κ3) is 3.17. The molecule has 0 radical (unpaired) electrons. The number of hydrogen-bond donors (Lipinski definition) is 1. The first kappa shape index (κ1) is 15.4. The van der Waals surface area contributed by atoms with Gasteiger partial charge in [0.25, 0.3) is 0 Å². The Bertz CT molecular complexity index is 830. The molecule has 1 N–H and O–H groups in total. The number of para-hydroxylation sites is 1. The molecule has 0 spiro atoms. The third-order valence-electron chi connectivity index (χ3n) is 3.55. The van der Waals surface area contributed by atoms with Crippen molar-refractivity contribution in [2.75, 3.05) is 19.4 Å². The number of nitrogens with zero attached hydrogens (tertiary/aromatic N) is 3. The first-order valence-electron chi connectivity index (χ1n) is 7.33. The monoisotopic (exact) mass is 326 g/mol. The number of nitrogens with one attached hydrogen (secondary N) is 1. The van der Waals surface area contributed by atoms with Crippen molar-refractivity contribution in [3.63, 3.8) is 0 Å². The summed E-state index contributed by atoms with van der Waals surface area (Å²) in [5.74, 6) is 1.35. The highest BCUT2D eigenvalue weighted by molar-refractivity contribution is 7.08. The molecule has 0 fully saturated rings. The van der Waals surface area contributed by atoms with Crippen LogP contribution in [-0.2, 0) is 4.79 Å². The summed E-state index contributed by atoms with van der Waals surface area (Å²) in [6, 6.07) is 9.44. The van der Waals surface area contributed by atoms with Crippen molar-refractivity contribution >= 4 is 34.0 Å². The van der Waals surface area contributed by atoms with E-state index in [1.165, 1.54) is 0 Å². The van der Waals surface area contributed by atoms with Crippen molar-refractivity contribution < 1.29 is 4.79 Å². The number of carbonyl (C=O) groups excluding carboxylic acids is 1. The number of benzene rings is 1. The lowest BCUT2D eigenvalue weighted by atomic mass is 10.2. The number of aromatic nitrogens is 2. The fraction of sp³-hybridized carbons (Fsp3) is 0.235. The van der Waals surface area contributed by atoms with Gasteiger partial charge in [0.2, 0.25) is 5.91 Å². The normalized spacial score (nSPS) is 12.1. The van der Waals surface area contributed by atoms with E-state index in [2.05, 4.69) is 15.3 Å². The number of carbonyl (C=O) groups is 1. The van der Waals surface area contributed by atoms with Crippen LogP contribution in [0.2, 0.25) is 0 Å². The molecular formula is C17H18N4OS. The maximum absolute atomic E-state index is 12.1. The zero-order valence-corrected chi connectivity index (χ0v) is 14.1. The van der Waals surface area contributed by atoms with Crippen LogP contribution in [-0.4, -0.2) is 40.9 Å². The lowest BCUT2D eigenvalue weighted by molar-refractivity contribution is -0.129. The molecule has 0 aliphatic heterocycles. The molecule has 1 aromatic carbocycles. The first-order valence-corrected chi connectivity index (χ1v) is 8.27. The Kier molecular flexibility index (Phi) is 4.25. The topological polar surface area (TPSA) is 58.1 Å². The van der Waals surface area contributed by atoms with Gasteiger partial charge < -0.3 is 10.2 Å². The van der Waals surface area contributed by atoms with Gasteiger partial charge in [0.15, 0.2) is 5.82 Å². The van der Waals surface area contributed by atoms with Crippen LogP contribution in [0.4, 0.5) is 5.82 Å². The number of fused-ring (bicyclic) bond motifs is 1. The molecule has 0 bridgehead atoms. The largest absolute Gasteiger partial charge is 0.358 e. The number of amides is 1. The van der Waals surface area contributed by atoms with Gasteiger partial charge in [0.1, 0.15) is 11.9 Å². The van der Waals surface area contributed by atoms with Crippen LogP contribution in [0.25, 0.3) is 22.3 Å². The Labute approximate surface area is 139 Å². The predicted octanol–water partition coefficient (Wildman–Crippen LogP) is 3.25. The van der Waals surface area contributed by atoms with E-state index >= 15 is 0 Å². The second-order valence-corrected chi connectivity index (χ2v) is 6.30. The standard InChI is InChI=1S/C17H18N4OS/c1-11(17(22)21(2)3)18-16-13-6-4-5-7-14(13)19-15(20-16)12-8-9-23-10-12/h4-11H,1-3H3,(H,18,19,20)/t11-/m0/s1. The van der Waals surface area contributed by atoms with Crippen LogP contribution in [0, 0.1) is 0 Å². The van der Waals surface area contributed by atoms with E-state index in [1.807, 2.05) is 48.0 Å². The quantitative estimate of drug-likeness (QED) is 0.799. The number of hydrogen-bond acceptors (Lipinski definition) is 5. The Morgan fingerprint density at radius 1 is 1.22 bits per heavy atom. The lowest BCUT2D eigenvalue weighted by Crippen LogP contribution is -2.36. The highest BCUT2D eigenvalue weighted by Gasteiger charge is 2.17. The van der Waals surface area contributed by atoms with Crippen LogP contribution in [0.3, 0.4) is 0 Å². The van der Waals surface area contributed by atoms with Gasteiger partial charge in [0.05, 0.1) is 5.52 Å². The molecule has 0 aliphatic rings. The molecule has 1 atom stereocenters. The summed E-state index contributed by atoms with van der Waals surface area (Å²) in [7, 11) is 3.49. The molecular weight excluding hydrogens is 308 g/mol. The summed E-state index contributed by atoms with van der Waals surface area (Å²) in [5, 5.41) is 8.15. The van der Waals surface area contributed by atoms with E-state index < -0.39 is 0 Å². The van der Waals surface area contributed by atoms with Crippen molar-refractivity contribution in [1.29, 1.82) is 0 Å². The summed E-state index contributed by atoms with van der Waals surface area (Å²) in [4.78, 5) is 23.0. The maximum Gasteiger partial charge on any atom is 0.244 e. The van der Waals surface area contributed by atoms with E-state index in [-0.39, 0.29) is 11.9 Å². The van der Waals surface area contributed by atoms with Gasteiger partial charge in [0, 0.05) is 30.4 Å². The van der Waals surface area contributed by atoms with Gasteiger partial charge in [-0.25, -0.2) is 9.97 Å². The molecule has 0 aliphatic carbocycles. The van der Waals surface area contributed by atoms with Crippen molar-refractivity contribution in [2.24, 2.45) is 0 Å². The zero-order chi connectivity index (χ0) is 16.4. The molecule has 1 amide bonds. The van der Waals surface area contributed by atoms with E-state index in [9.17, 15) is 4.79 Å². The van der Waals surface area contributed by atoms with Crippen LogP contribution < -0.4 is 5.32 Å². The second kappa shape index (κ2) is 6.34. The SMILES string of the molecule is C[C@H](Nc1nc(-c2ccsc2)nc2ccccc12)C(=O)N(C)C. The van der Waals surface area contributed by atoms with E-state index in [0.29, 0.717) is 11.6 Å². The fourth-order valence-corrected chi connectivity index (χ4v) is 3.00. The highest BCUT2D eigenvalue weighted by Crippen LogP contribution is 2.26. The third-order valence-corrected chi connectivity index (χ3v) is 4.23. The van der Waals surface area contributed by atoms with Gasteiger partial charge in [-0.3, -0.25) is 4.79 Å². The van der Waals surface area contributed by atoms with E-state index in [0.717, 1.165) is 16.5 Å². The summed E-state index contributed by atoms with van der Waals surface area (Å²) in [5.41, 5.74) is 1.84. The maximum atomic E-state index is 12.1. The van der Waals surface area contributed by atoms with Crippen LogP contribution in [0.15, 0.2) is 41.1 Å². The average molecular weight is 326 g/mol. The molecule has 2 aromatic heterocycles. The summed E-state index contributed by atoms with van der Waals surface area (Å²) < 4.78 is 0. The zero-order valence-electron chi connectivity index (χ0n) is 13.3. The van der Waals surface area contributed by atoms with Crippen LogP contribution >= 0.6 is 11.3 Å². The van der Waals surface area contributed by atoms with Gasteiger partial charge in [-0.2, -0.15) is 11.3 Å². The summed E-state index contributed by atoms with van der Waals surface area (Å²) in [6.07, 6.45) is 0. The molecule has 6 heteroatoms. The molecule has 3 aromatic rings. The average Bonchev–Trinajstić information content (AvgIpc) is 3.08. The van der Waals surface area contributed by atoms with Crippen molar-refractivity contribution in [3.05, 3.63) is 41.1 Å². The van der Waals surface area contributed by atoms with Crippen molar-refractivity contribution in [1.82, 2.24) is 14.9 Å². The minimum absolute atomic E-state index is 0.00442. The molecule has 23 heavy (non-hydrogen) atoms. The number of anilines is 1. The Balaban J connectivity index is 2.05. The molecule has 0 unspecified atom stereocenters.